The van der Waals surface area contributed by atoms with Gasteiger partial charge in [0, 0.05) is 18.3 Å². The number of thiol groups is 1. The van der Waals surface area contributed by atoms with Crippen LogP contribution in [0.25, 0.3) is 0 Å². The summed E-state index contributed by atoms with van der Waals surface area (Å²) in [5, 5.41) is 5.44. The Balaban J connectivity index is 3.15. The van der Waals surface area contributed by atoms with Gasteiger partial charge in [-0.15, -0.1) is 0 Å². The van der Waals surface area contributed by atoms with Crippen LogP contribution in [0.3, 0.4) is 0 Å². The van der Waals surface area contributed by atoms with Crippen molar-refractivity contribution in [2.45, 2.75) is 65.3 Å². The average Bonchev–Trinajstić information content (AvgIpc) is 2.62. The minimum atomic E-state index is -0.925. The molecule has 0 aliphatic rings. The molecule has 7 nitrogen and oxygen atoms in total. The second-order valence-corrected chi connectivity index (χ2v) is 8.35. The molecule has 0 heterocycles. The number of nitrogens with one attached hydrogen (secondary N) is 2. The molecule has 29 heavy (non-hydrogen) atoms. The number of rotatable bonds is 8. The van der Waals surface area contributed by atoms with Gasteiger partial charge in [-0.2, -0.15) is 12.6 Å². The number of likely N-dealkylation sites (N-methyl/N-ethyl adjacent to an activating group) is 1. The molecule has 2 atom stereocenters. The van der Waals surface area contributed by atoms with Crippen LogP contribution < -0.4 is 10.6 Å². The summed E-state index contributed by atoms with van der Waals surface area (Å²) < 4.78 is 5.24. The Labute approximate surface area is 179 Å². The smallest absolute Gasteiger partial charge is 0.408 e. The minimum absolute atomic E-state index is 0.0713. The summed E-state index contributed by atoms with van der Waals surface area (Å²) in [6, 6.07) is 7.26. The highest BCUT2D eigenvalue weighted by atomic mass is 32.1. The fourth-order valence-electron chi connectivity index (χ4n) is 2.77. The molecule has 0 radical (unpaired) electrons. The monoisotopic (exact) mass is 423 g/mol. The number of alkyl carbamates (subject to hydrolysis) is 1. The summed E-state index contributed by atoms with van der Waals surface area (Å²) in [5.74, 6) is -0.611. The first-order valence-corrected chi connectivity index (χ1v) is 10.4. The number of hydrogen-bond donors (Lipinski definition) is 3. The van der Waals surface area contributed by atoms with Gasteiger partial charge < -0.3 is 20.3 Å². The van der Waals surface area contributed by atoms with Crippen molar-refractivity contribution >= 4 is 30.5 Å². The fraction of sp³-hybridized carbons (Fsp3) is 0.571. The molecule has 0 saturated carbocycles. The van der Waals surface area contributed by atoms with Crippen molar-refractivity contribution in [3.05, 3.63) is 35.9 Å². The molecule has 3 amide bonds. The van der Waals surface area contributed by atoms with E-state index >= 15 is 0 Å². The van der Waals surface area contributed by atoms with Crippen LogP contribution >= 0.6 is 12.6 Å². The van der Waals surface area contributed by atoms with Crippen molar-refractivity contribution < 1.29 is 19.1 Å². The second-order valence-electron chi connectivity index (χ2n) is 7.98. The van der Waals surface area contributed by atoms with Crippen LogP contribution in [0.2, 0.25) is 0 Å². The summed E-state index contributed by atoms with van der Waals surface area (Å²) in [5.41, 5.74) is -0.00125. The van der Waals surface area contributed by atoms with Crippen molar-refractivity contribution in [3.8, 4) is 0 Å². The maximum absolute atomic E-state index is 13.2. The van der Waals surface area contributed by atoms with Crippen molar-refractivity contribution in [1.82, 2.24) is 15.5 Å². The Kier molecular flexibility index (Phi) is 9.49. The lowest BCUT2D eigenvalue weighted by Gasteiger charge is -2.33. The molecule has 1 aromatic rings. The van der Waals surface area contributed by atoms with Gasteiger partial charge in [0.05, 0.1) is 0 Å². The van der Waals surface area contributed by atoms with E-state index in [1.807, 2.05) is 32.0 Å². The van der Waals surface area contributed by atoms with Crippen molar-refractivity contribution in [1.29, 1.82) is 0 Å². The molecule has 0 fully saturated rings. The number of carbonyl (C=O) groups excluding carboxylic acids is 3. The van der Waals surface area contributed by atoms with Gasteiger partial charge in [-0.1, -0.05) is 30.3 Å². The minimum Gasteiger partial charge on any atom is -0.444 e. The standard InChI is InChI=1S/C21H33N3O4S/c1-7-24(19(26)16(13-29)23-20(27)28-21(4,5)6)17(18(25)22-14(2)3)15-11-9-8-10-12-15/h8-12,14,16-17,29H,7,13H2,1-6H3,(H,22,25)(H,23,27). The summed E-state index contributed by atoms with van der Waals surface area (Å²) in [6.45, 7) is 11.0. The molecular formula is C21H33N3O4S. The Morgan fingerprint density at radius 1 is 1.10 bits per heavy atom. The van der Waals surface area contributed by atoms with Gasteiger partial charge in [0.15, 0.2) is 0 Å². The maximum Gasteiger partial charge on any atom is 0.408 e. The van der Waals surface area contributed by atoms with Crippen LogP contribution in [0.15, 0.2) is 30.3 Å². The van der Waals surface area contributed by atoms with E-state index in [9.17, 15) is 14.4 Å². The molecule has 1 aromatic carbocycles. The topological polar surface area (TPSA) is 87.7 Å². The van der Waals surface area contributed by atoms with Crippen molar-refractivity contribution in [3.63, 3.8) is 0 Å². The highest BCUT2D eigenvalue weighted by molar-refractivity contribution is 7.80. The van der Waals surface area contributed by atoms with Crippen LogP contribution in [-0.4, -0.2) is 52.8 Å². The van der Waals surface area contributed by atoms with E-state index in [1.165, 1.54) is 4.90 Å². The highest BCUT2D eigenvalue weighted by Gasteiger charge is 2.35. The Morgan fingerprint density at radius 2 is 1.69 bits per heavy atom. The molecule has 0 aliphatic heterocycles. The Bertz CT molecular complexity index is 689. The number of carbonyl (C=O) groups is 3. The molecule has 162 valence electrons. The summed E-state index contributed by atoms with van der Waals surface area (Å²) in [7, 11) is 0. The first-order valence-electron chi connectivity index (χ1n) is 9.76. The van der Waals surface area contributed by atoms with E-state index in [2.05, 4.69) is 23.3 Å². The van der Waals surface area contributed by atoms with Gasteiger partial charge in [0.1, 0.15) is 17.7 Å². The number of hydrogen-bond acceptors (Lipinski definition) is 5. The molecule has 0 saturated heterocycles. The second kappa shape index (κ2) is 11.1. The van der Waals surface area contributed by atoms with Gasteiger partial charge in [0.25, 0.3) is 0 Å². The molecule has 0 aromatic heterocycles. The first kappa shape index (κ1) is 24.8. The van der Waals surface area contributed by atoms with Gasteiger partial charge in [-0.05, 0) is 47.1 Å². The third-order valence-electron chi connectivity index (χ3n) is 3.90. The lowest BCUT2D eigenvalue weighted by atomic mass is 10.0. The highest BCUT2D eigenvalue weighted by Crippen LogP contribution is 2.22. The molecule has 2 unspecified atom stereocenters. The van der Waals surface area contributed by atoms with Crippen molar-refractivity contribution in [2.75, 3.05) is 12.3 Å². The fourth-order valence-corrected chi connectivity index (χ4v) is 3.02. The molecule has 2 N–H and O–H groups in total. The van der Waals surface area contributed by atoms with Crippen LogP contribution in [0.4, 0.5) is 4.79 Å². The Hall–Kier alpha value is -2.22. The van der Waals surface area contributed by atoms with E-state index in [0.29, 0.717) is 5.56 Å². The van der Waals surface area contributed by atoms with Gasteiger partial charge in [0.2, 0.25) is 11.8 Å². The zero-order valence-corrected chi connectivity index (χ0v) is 19.0. The van der Waals surface area contributed by atoms with Gasteiger partial charge in [-0.25, -0.2) is 4.79 Å². The van der Waals surface area contributed by atoms with E-state index in [-0.39, 0.29) is 24.2 Å². The van der Waals surface area contributed by atoms with Crippen LogP contribution in [-0.2, 0) is 14.3 Å². The predicted molar refractivity (Wildman–Crippen MR) is 117 cm³/mol. The van der Waals surface area contributed by atoms with E-state index in [0.717, 1.165) is 0 Å². The summed E-state index contributed by atoms with van der Waals surface area (Å²) >= 11 is 4.22. The lowest BCUT2D eigenvalue weighted by molar-refractivity contribution is -0.142. The van der Waals surface area contributed by atoms with Gasteiger partial charge >= 0.3 is 6.09 Å². The third-order valence-corrected chi connectivity index (χ3v) is 4.27. The van der Waals surface area contributed by atoms with E-state index in [4.69, 9.17) is 4.74 Å². The molecule has 1 rings (SSSR count). The summed E-state index contributed by atoms with van der Waals surface area (Å²) in [6.07, 6.45) is -0.705. The number of ether oxygens (including phenoxy) is 1. The van der Waals surface area contributed by atoms with Crippen LogP contribution in [0, 0.1) is 0 Å². The molecule has 0 bridgehead atoms. The molecule has 0 aliphatic carbocycles. The first-order chi connectivity index (χ1) is 13.5. The summed E-state index contributed by atoms with van der Waals surface area (Å²) in [4.78, 5) is 39.8. The third kappa shape index (κ3) is 7.97. The molecular weight excluding hydrogens is 390 g/mol. The predicted octanol–water partition coefficient (Wildman–Crippen LogP) is 2.92. The van der Waals surface area contributed by atoms with Gasteiger partial charge in [-0.3, -0.25) is 9.59 Å². The van der Waals surface area contributed by atoms with E-state index < -0.39 is 29.7 Å². The maximum atomic E-state index is 13.2. The zero-order valence-electron chi connectivity index (χ0n) is 18.1. The van der Waals surface area contributed by atoms with Crippen LogP contribution in [0.1, 0.15) is 53.1 Å². The molecule has 8 heteroatoms. The number of nitrogens with zero attached hydrogens (tertiary/aromatic N) is 1. The normalized spacial score (nSPS) is 13.4. The van der Waals surface area contributed by atoms with Crippen molar-refractivity contribution in [2.24, 2.45) is 0 Å². The largest absolute Gasteiger partial charge is 0.444 e. The van der Waals surface area contributed by atoms with Crippen LogP contribution in [0.5, 0.6) is 0 Å². The quantitative estimate of drug-likeness (QED) is 0.561. The van der Waals surface area contributed by atoms with E-state index in [1.54, 1.807) is 39.8 Å². The average molecular weight is 424 g/mol. The number of benzene rings is 1. The SMILES string of the molecule is CCN(C(=O)C(CS)NC(=O)OC(C)(C)C)C(C(=O)NC(C)C)c1ccccc1. The number of amides is 3. The molecule has 0 spiro atoms. The lowest BCUT2D eigenvalue weighted by Crippen LogP contribution is -2.54. The Morgan fingerprint density at radius 3 is 2.14 bits per heavy atom. The zero-order chi connectivity index (χ0) is 22.2.